The summed E-state index contributed by atoms with van der Waals surface area (Å²) < 4.78 is 11.3. The van der Waals surface area contributed by atoms with Crippen molar-refractivity contribution in [1.82, 2.24) is 4.90 Å². The smallest absolute Gasteiger partial charge is 0.286 e. The van der Waals surface area contributed by atoms with Crippen molar-refractivity contribution in [3.8, 4) is 5.75 Å². The summed E-state index contributed by atoms with van der Waals surface area (Å²) in [6, 6.07) is 7.78. The van der Waals surface area contributed by atoms with E-state index in [-0.39, 0.29) is 18.1 Å². The van der Waals surface area contributed by atoms with E-state index < -0.39 is 0 Å². The predicted molar refractivity (Wildman–Crippen MR) is 102 cm³/mol. The lowest BCUT2D eigenvalue weighted by Crippen LogP contribution is -2.47. The Balaban J connectivity index is 1.66. The van der Waals surface area contributed by atoms with Gasteiger partial charge in [0.1, 0.15) is 5.75 Å². The number of benzene rings is 1. The van der Waals surface area contributed by atoms with E-state index in [9.17, 15) is 4.79 Å². The highest BCUT2D eigenvalue weighted by Gasteiger charge is 2.30. The van der Waals surface area contributed by atoms with Gasteiger partial charge in [0.25, 0.3) is 5.91 Å². The molecular weight excluding hydrogens is 336 g/mol. The maximum atomic E-state index is 12.2. The van der Waals surface area contributed by atoms with Gasteiger partial charge in [0.15, 0.2) is 5.17 Å². The summed E-state index contributed by atoms with van der Waals surface area (Å²) in [7, 11) is 0. The number of thioether (sulfide) groups is 1. The Morgan fingerprint density at radius 2 is 1.96 bits per heavy atom. The van der Waals surface area contributed by atoms with E-state index in [0.29, 0.717) is 11.5 Å². The summed E-state index contributed by atoms with van der Waals surface area (Å²) in [6.45, 7) is 8.41. The number of hydrogen-bond donors (Lipinski definition) is 0. The van der Waals surface area contributed by atoms with Crippen LogP contribution in [0, 0.1) is 0 Å². The summed E-state index contributed by atoms with van der Waals surface area (Å²) in [4.78, 5) is 19.3. The molecule has 0 N–H and O–H groups in total. The molecule has 0 radical (unpaired) electrons. The van der Waals surface area contributed by atoms with E-state index in [1.54, 1.807) is 0 Å². The number of carbonyl (C=O) groups excluding carboxylic acids is 1. The number of nitrogens with zero attached hydrogens (tertiary/aromatic N) is 2. The molecule has 1 fully saturated rings. The van der Waals surface area contributed by atoms with Crippen LogP contribution in [0.1, 0.15) is 32.8 Å². The van der Waals surface area contributed by atoms with Crippen LogP contribution in [0.15, 0.2) is 34.2 Å². The number of aliphatic imine (C=N–C) groups is 1. The molecule has 134 valence electrons. The van der Waals surface area contributed by atoms with Crippen LogP contribution in [0.25, 0.3) is 6.08 Å². The Morgan fingerprint density at radius 1 is 1.28 bits per heavy atom. The van der Waals surface area contributed by atoms with E-state index in [1.165, 1.54) is 11.8 Å². The largest absolute Gasteiger partial charge is 0.494 e. The van der Waals surface area contributed by atoms with Crippen LogP contribution < -0.4 is 4.74 Å². The molecule has 1 amide bonds. The molecule has 0 saturated carbocycles. The molecule has 25 heavy (non-hydrogen) atoms. The van der Waals surface area contributed by atoms with Crippen molar-refractivity contribution in [3.63, 3.8) is 0 Å². The fourth-order valence-electron chi connectivity index (χ4n) is 2.90. The Bertz CT molecular complexity index is 674. The van der Waals surface area contributed by atoms with Crippen molar-refractivity contribution in [3.05, 3.63) is 34.7 Å². The van der Waals surface area contributed by atoms with Crippen LogP contribution in [-0.4, -0.2) is 47.9 Å². The molecular formula is C19H24N2O3S. The van der Waals surface area contributed by atoms with Crippen molar-refractivity contribution in [1.29, 1.82) is 0 Å². The topological polar surface area (TPSA) is 51.1 Å². The highest BCUT2D eigenvalue weighted by molar-refractivity contribution is 8.18. The molecule has 1 aromatic carbocycles. The molecule has 0 aliphatic carbocycles. The standard InChI is InChI=1S/C19H24N2O3S/c1-4-9-23-16-7-5-15(6-8-16)10-17-18(22)20-19(25-17)21-11-13(2)24-14(3)12-21/h5-8,10,13-14H,4,9,11-12H2,1-3H3/b17-10-/t13-,14+. The quantitative estimate of drug-likeness (QED) is 0.769. The molecule has 6 heteroatoms. The third-order valence-electron chi connectivity index (χ3n) is 3.95. The Hall–Kier alpha value is -1.79. The average molecular weight is 360 g/mol. The molecule has 5 nitrogen and oxygen atoms in total. The number of ether oxygens (including phenoxy) is 2. The van der Waals surface area contributed by atoms with E-state index in [0.717, 1.165) is 36.0 Å². The van der Waals surface area contributed by atoms with E-state index in [2.05, 4.69) is 16.8 Å². The minimum absolute atomic E-state index is 0.144. The summed E-state index contributed by atoms with van der Waals surface area (Å²) in [5.41, 5.74) is 0.972. The van der Waals surface area contributed by atoms with Crippen molar-refractivity contribution in [2.45, 2.75) is 39.4 Å². The fourth-order valence-corrected chi connectivity index (χ4v) is 3.83. The highest BCUT2D eigenvalue weighted by Crippen LogP contribution is 2.31. The lowest BCUT2D eigenvalue weighted by atomic mass is 10.2. The van der Waals surface area contributed by atoms with Gasteiger partial charge in [0.05, 0.1) is 23.7 Å². The second-order valence-corrected chi connectivity index (χ2v) is 7.40. The van der Waals surface area contributed by atoms with Crippen molar-refractivity contribution >= 4 is 28.9 Å². The number of morpholine rings is 1. The molecule has 2 aliphatic rings. The summed E-state index contributed by atoms with van der Waals surface area (Å²) >= 11 is 1.44. The van der Waals surface area contributed by atoms with Crippen molar-refractivity contribution in [2.24, 2.45) is 4.99 Å². The molecule has 3 rings (SSSR count). The molecule has 2 aliphatic heterocycles. The lowest BCUT2D eigenvalue weighted by molar-refractivity contribution is -0.113. The van der Waals surface area contributed by atoms with Gasteiger partial charge < -0.3 is 14.4 Å². The van der Waals surface area contributed by atoms with Gasteiger partial charge in [-0.3, -0.25) is 4.79 Å². The SMILES string of the molecule is CCCOc1ccc(/C=C2\SC(N3C[C@@H](C)O[C@@H](C)C3)=NC2=O)cc1. The number of hydrogen-bond acceptors (Lipinski definition) is 5. The summed E-state index contributed by atoms with van der Waals surface area (Å²) in [6.07, 6.45) is 3.16. The van der Waals surface area contributed by atoms with Crippen LogP contribution >= 0.6 is 11.8 Å². The first-order valence-corrected chi connectivity index (χ1v) is 9.52. The second kappa shape index (κ2) is 8.06. The monoisotopic (exact) mass is 360 g/mol. The average Bonchev–Trinajstić information content (AvgIpc) is 2.94. The number of rotatable bonds is 4. The maximum absolute atomic E-state index is 12.2. The Morgan fingerprint density at radius 3 is 2.60 bits per heavy atom. The molecule has 1 aromatic rings. The molecule has 0 aromatic heterocycles. The first-order valence-electron chi connectivity index (χ1n) is 8.71. The zero-order chi connectivity index (χ0) is 17.8. The molecule has 2 heterocycles. The van der Waals surface area contributed by atoms with Crippen molar-refractivity contribution in [2.75, 3.05) is 19.7 Å². The highest BCUT2D eigenvalue weighted by atomic mass is 32.2. The second-order valence-electron chi connectivity index (χ2n) is 6.39. The molecule has 1 saturated heterocycles. The minimum Gasteiger partial charge on any atom is -0.494 e. The van der Waals surface area contributed by atoms with Gasteiger partial charge in [0, 0.05) is 13.1 Å². The lowest BCUT2D eigenvalue weighted by Gasteiger charge is -2.35. The van der Waals surface area contributed by atoms with Gasteiger partial charge in [-0.05, 0) is 55.8 Å². The van der Waals surface area contributed by atoms with Crippen LogP contribution in [-0.2, 0) is 9.53 Å². The Labute approximate surface area is 153 Å². The first-order chi connectivity index (χ1) is 12.0. The predicted octanol–water partition coefficient (Wildman–Crippen LogP) is 3.55. The maximum Gasteiger partial charge on any atom is 0.286 e. The van der Waals surface area contributed by atoms with Gasteiger partial charge in [-0.25, -0.2) is 0 Å². The van der Waals surface area contributed by atoms with Gasteiger partial charge in [-0.2, -0.15) is 4.99 Å². The molecule has 2 atom stereocenters. The Kier molecular flexibility index (Phi) is 5.81. The van der Waals surface area contributed by atoms with Crippen LogP contribution in [0.4, 0.5) is 0 Å². The first kappa shape index (κ1) is 18.0. The van der Waals surface area contributed by atoms with Gasteiger partial charge >= 0.3 is 0 Å². The number of carbonyl (C=O) groups is 1. The van der Waals surface area contributed by atoms with Crippen molar-refractivity contribution < 1.29 is 14.3 Å². The van der Waals surface area contributed by atoms with Crippen LogP contribution in [0.3, 0.4) is 0 Å². The molecule has 0 spiro atoms. The number of amides is 1. The van der Waals surface area contributed by atoms with E-state index in [4.69, 9.17) is 9.47 Å². The zero-order valence-electron chi connectivity index (χ0n) is 14.9. The van der Waals surface area contributed by atoms with Crippen LogP contribution in [0.2, 0.25) is 0 Å². The third-order valence-corrected chi connectivity index (χ3v) is 4.99. The van der Waals surface area contributed by atoms with Gasteiger partial charge in [0.2, 0.25) is 0 Å². The number of amidine groups is 1. The minimum atomic E-state index is -0.168. The van der Waals surface area contributed by atoms with Crippen LogP contribution in [0.5, 0.6) is 5.75 Å². The molecule has 0 bridgehead atoms. The fraction of sp³-hybridized carbons (Fsp3) is 0.474. The van der Waals surface area contributed by atoms with Gasteiger partial charge in [-0.15, -0.1) is 0 Å². The van der Waals surface area contributed by atoms with Gasteiger partial charge in [-0.1, -0.05) is 19.1 Å². The zero-order valence-corrected chi connectivity index (χ0v) is 15.7. The van der Waals surface area contributed by atoms with E-state index >= 15 is 0 Å². The normalized spacial score (nSPS) is 25.4. The third kappa shape index (κ3) is 4.64. The molecule has 0 unspecified atom stereocenters. The summed E-state index contributed by atoms with van der Waals surface area (Å²) in [5, 5.41) is 0.779. The summed E-state index contributed by atoms with van der Waals surface area (Å²) in [5.74, 6) is 0.681. The van der Waals surface area contributed by atoms with E-state index in [1.807, 2.05) is 44.2 Å².